The number of carboxylic acids is 1. The number of benzene rings is 1. The normalized spacial score (nSPS) is 16.6. The topological polar surface area (TPSA) is 79.7 Å². The van der Waals surface area contributed by atoms with E-state index >= 15 is 0 Å². The molecule has 2 heterocycles. The fourth-order valence-electron chi connectivity index (χ4n) is 2.55. The number of carbonyl (C=O) groups excluding carboxylic acids is 1. The molecule has 2 aromatic rings. The summed E-state index contributed by atoms with van der Waals surface area (Å²) in [7, 11) is 1.57. The van der Waals surface area contributed by atoms with E-state index in [9.17, 15) is 14.7 Å². The minimum atomic E-state index is -0.930. The highest BCUT2D eigenvalue weighted by Crippen LogP contribution is 2.37. The van der Waals surface area contributed by atoms with Gasteiger partial charge in [-0.1, -0.05) is 18.2 Å². The van der Waals surface area contributed by atoms with Crippen LogP contribution in [0.4, 0.5) is 5.69 Å². The van der Waals surface area contributed by atoms with E-state index in [0.717, 1.165) is 0 Å². The van der Waals surface area contributed by atoms with E-state index in [0.29, 0.717) is 28.6 Å². The summed E-state index contributed by atoms with van der Waals surface area (Å²) in [5.41, 5.74) is 1.62. The Morgan fingerprint density at radius 1 is 1.45 bits per heavy atom. The number of anilines is 1. The number of aromatic nitrogens is 1. The molecule has 0 spiro atoms. The van der Waals surface area contributed by atoms with Gasteiger partial charge in [0.15, 0.2) is 0 Å². The molecule has 114 valence electrons. The van der Waals surface area contributed by atoms with Crippen LogP contribution in [-0.2, 0) is 16.1 Å². The Kier molecular flexibility index (Phi) is 3.91. The molecule has 0 fully saturated rings. The third-order valence-electron chi connectivity index (χ3n) is 3.55. The standard InChI is InChI=1S/C15H14N2O4S/c1-21-7-13-16-11(8-22-13)14(18)17-6-10(15(19)20)9-4-2-3-5-12(9)17/h2-5,8,10H,6-7H2,1H3,(H,19,20). The van der Waals surface area contributed by atoms with Crippen molar-refractivity contribution in [1.82, 2.24) is 4.98 Å². The minimum absolute atomic E-state index is 0.130. The zero-order valence-electron chi connectivity index (χ0n) is 11.9. The lowest BCUT2D eigenvalue weighted by molar-refractivity contribution is -0.138. The van der Waals surface area contributed by atoms with Gasteiger partial charge in [-0.2, -0.15) is 0 Å². The Hall–Kier alpha value is -2.25. The van der Waals surface area contributed by atoms with E-state index in [1.165, 1.54) is 16.2 Å². The van der Waals surface area contributed by atoms with Gasteiger partial charge in [0.1, 0.15) is 16.6 Å². The van der Waals surface area contributed by atoms with Crippen LogP contribution in [0.5, 0.6) is 0 Å². The number of aliphatic carboxylic acids is 1. The fraction of sp³-hybridized carbons (Fsp3) is 0.267. The van der Waals surface area contributed by atoms with Crippen LogP contribution in [0.3, 0.4) is 0 Å². The molecule has 0 radical (unpaired) electrons. The minimum Gasteiger partial charge on any atom is -0.481 e. The molecule has 1 aliphatic rings. The maximum atomic E-state index is 12.6. The Morgan fingerprint density at radius 3 is 2.95 bits per heavy atom. The van der Waals surface area contributed by atoms with Crippen molar-refractivity contribution in [2.24, 2.45) is 0 Å². The molecule has 22 heavy (non-hydrogen) atoms. The summed E-state index contributed by atoms with van der Waals surface area (Å²) in [6.07, 6.45) is 0. The quantitative estimate of drug-likeness (QED) is 0.934. The zero-order chi connectivity index (χ0) is 15.7. The predicted molar refractivity (Wildman–Crippen MR) is 81.3 cm³/mol. The maximum Gasteiger partial charge on any atom is 0.312 e. The monoisotopic (exact) mass is 318 g/mol. The largest absolute Gasteiger partial charge is 0.481 e. The Morgan fingerprint density at radius 2 is 2.23 bits per heavy atom. The van der Waals surface area contributed by atoms with Gasteiger partial charge in [-0.05, 0) is 11.6 Å². The molecule has 1 amide bonds. The van der Waals surface area contributed by atoms with Crippen LogP contribution < -0.4 is 4.90 Å². The smallest absolute Gasteiger partial charge is 0.312 e. The summed E-state index contributed by atoms with van der Waals surface area (Å²) < 4.78 is 5.00. The van der Waals surface area contributed by atoms with Crippen LogP contribution in [0.1, 0.15) is 27.0 Å². The summed E-state index contributed by atoms with van der Waals surface area (Å²) in [6.45, 7) is 0.483. The molecule has 1 aromatic heterocycles. The summed E-state index contributed by atoms with van der Waals surface area (Å²) in [5, 5.41) is 11.7. The second-order valence-corrected chi connectivity index (χ2v) is 5.87. The molecule has 6 nitrogen and oxygen atoms in total. The number of hydrogen-bond donors (Lipinski definition) is 1. The SMILES string of the molecule is COCc1nc(C(=O)N2CC(C(=O)O)c3ccccc32)cs1. The van der Waals surface area contributed by atoms with E-state index in [2.05, 4.69) is 4.98 Å². The maximum absolute atomic E-state index is 12.6. The molecule has 1 unspecified atom stereocenters. The first-order chi connectivity index (χ1) is 10.6. The van der Waals surface area contributed by atoms with Gasteiger partial charge in [0, 0.05) is 24.7 Å². The predicted octanol–water partition coefficient (Wildman–Crippen LogP) is 2.12. The van der Waals surface area contributed by atoms with Gasteiger partial charge in [0.05, 0.1) is 6.61 Å². The number of para-hydroxylation sites is 1. The van der Waals surface area contributed by atoms with Crippen molar-refractivity contribution in [2.45, 2.75) is 12.5 Å². The number of methoxy groups -OCH3 is 1. The number of hydrogen-bond acceptors (Lipinski definition) is 5. The van der Waals surface area contributed by atoms with Gasteiger partial charge < -0.3 is 14.7 Å². The molecule has 0 saturated carbocycles. The highest BCUT2D eigenvalue weighted by Gasteiger charge is 2.37. The lowest BCUT2D eigenvalue weighted by atomic mass is 10.0. The number of rotatable bonds is 4. The van der Waals surface area contributed by atoms with E-state index in [1.807, 2.05) is 0 Å². The zero-order valence-corrected chi connectivity index (χ0v) is 12.7. The molecule has 1 N–H and O–H groups in total. The summed E-state index contributed by atoms with van der Waals surface area (Å²) in [6, 6.07) is 7.08. The lowest BCUT2D eigenvalue weighted by Crippen LogP contribution is -2.31. The second kappa shape index (κ2) is 5.86. The van der Waals surface area contributed by atoms with Crippen molar-refractivity contribution in [3.05, 3.63) is 45.9 Å². The Balaban J connectivity index is 1.91. The van der Waals surface area contributed by atoms with E-state index in [4.69, 9.17) is 4.74 Å². The number of carbonyl (C=O) groups is 2. The van der Waals surface area contributed by atoms with Crippen molar-refractivity contribution in [2.75, 3.05) is 18.6 Å². The van der Waals surface area contributed by atoms with E-state index in [1.54, 1.807) is 36.8 Å². The van der Waals surface area contributed by atoms with Gasteiger partial charge in [0.25, 0.3) is 5.91 Å². The third kappa shape index (κ3) is 2.49. The molecule has 3 rings (SSSR count). The average molecular weight is 318 g/mol. The number of fused-ring (bicyclic) bond motifs is 1. The first-order valence-corrected chi connectivity index (χ1v) is 7.56. The van der Waals surface area contributed by atoms with Crippen LogP contribution in [0.2, 0.25) is 0 Å². The first kappa shape index (κ1) is 14.7. The van der Waals surface area contributed by atoms with Gasteiger partial charge in [0.2, 0.25) is 0 Å². The Bertz CT molecular complexity index is 728. The van der Waals surface area contributed by atoms with Crippen LogP contribution in [0.15, 0.2) is 29.6 Å². The lowest BCUT2D eigenvalue weighted by Gasteiger charge is -2.15. The molecular formula is C15H14N2O4S. The molecule has 1 atom stereocenters. The van der Waals surface area contributed by atoms with Gasteiger partial charge in [-0.25, -0.2) is 4.98 Å². The summed E-state index contributed by atoms with van der Waals surface area (Å²) in [4.78, 5) is 29.8. The molecule has 0 saturated heterocycles. The highest BCUT2D eigenvalue weighted by atomic mass is 32.1. The number of nitrogens with zero attached hydrogens (tertiary/aromatic N) is 2. The molecule has 7 heteroatoms. The summed E-state index contributed by atoms with van der Waals surface area (Å²) >= 11 is 1.35. The molecule has 0 bridgehead atoms. The number of thiazole rings is 1. The van der Waals surface area contributed by atoms with Gasteiger partial charge in [-0.15, -0.1) is 11.3 Å². The number of amides is 1. The molecule has 1 aliphatic heterocycles. The van der Waals surface area contributed by atoms with Crippen LogP contribution >= 0.6 is 11.3 Å². The van der Waals surface area contributed by atoms with E-state index < -0.39 is 11.9 Å². The van der Waals surface area contributed by atoms with Crippen molar-refractivity contribution >= 4 is 28.9 Å². The van der Waals surface area contributed by atoms with Crippen molar-refractivity contribution < 1.29 is 19.4 Å². The van der Waals surface area contributed by atoms with Crippen molar-refractivity contribution in [3.8, 4) is 0 Å². The van der Waals surface area contributed by atoms with Crippen molar-refractivity contribution in [1.29, 1.82) is 0 Å². The van der Waals surface area contributed by atoms with Gasteiger partial charge in [-0.3, -0.25) is 9.59 Å². The van der Waals surface area contributed by atoms with Crippen LogP contribution in [0.25, 0.3) is 0 Å². The number of ether oxygens (including phenoxy) is 1. The number of carboxylic acid groups (broad SMARTS) is 1. The fourth-order valence-corrected chi connectivity index (χ4v) is 3.29. The summed E-state index contributed by atoms with van der Waals surface area (Å²) in [5.74, 6) is -1.91. The van der Waals surface area contributed by atoms with Crippen LogP contribution in [0, 0.1) is 0 Å². The third-order valence-corrected chi connectivity index (χ3v) is 4.37. The average Bonchev–Trinajstić information content (AvgIpc) is 3.11. The van der Waals surface area contributed by atoms with E-state index in [-0.39, 0.29) is 12.5 Å². The Labute approximate surface area is 131 Å². The molecule has 0 aliphatic carbocycles. The van der Waals surface area contributed by atoms with Gasteiger partial charge >= 0.3 is 5.97 Å². The van der Waals surface area contributed by atoms with Crippen LogP contribution in [-0.4, -0.2) is 35.6 Å². The first-order valence-electron chi connectivity index (χ1n) is 6.68. The second-order valence-electron chi connectivity index (χ2n) is 4.92. The van der Waals surface area contributed by atoms with Crippen molar-refractivity contribution in [3.63, 3.8) is 0 Å². The highest BCUT2D eigenvalue weighted by molar-refractivity contribution is 7.09. The molecular weight excluding hydrogens is 304 g/mol. The molecule has 1 aromatic carbocycles.